The second-order valence-corrected chi connectivity index (χ2v) is 6.32. The van der Waals surface area contributed by atoms with Gasteiger partial charge in [0.05, 0.1) is 6.54 Å². The largest absolute Gasteiger partial charge is 0.204 e. The molecule has 3 rings (SSSR count). The second kappa shape index (κ2) is 4.37. The molecule has 1 saturated carbocycles. The van der Waals surface area contributed by atoms with Crippen LogP contribution in [0.15, 0.2) is 24.3 Å². The lowest BCUT2D eigenvalue weighted by Gasteiger charge is -1.98. The highest BCUT2D eigenvalue weighted by atomic mass is 35.5. The monoisotopic (exact) mass is 302 g/mol. The van der Waals surface area contributed by atoms with Gasteiger partial charge < -0.3 is 0 Å². The Morgan fingerprint density at radius 1 is 1.28 bits per heavy atom. The third kappa shape index (κ3) is 2.46. The average Bonchev–Trinajstić information content (AvgIpc) is 2.75. The molecule has 7 heteroatoms. The first kappa shape index (κ1) is 12.2. The minimum Gasteiger partial charge on any atom is -0.163 e. The lowest BCUT2D eigenvalue weighted by atomic mass is 10.2. The normalized spacial score (nSPS) is 20.9. The molecule has 1 heterocycles. The van der Waals surface area contributed by atoms with Gasteiger partial charge in [-0.2, -0.15) is 4.80 Å². The van der Waals surface area contributed by atoms with Crippen LogP contribution in [0.25, 0.3) is 11.4 Å². The molecule has 94 valence electrons. The summed E-state index contributed by atoms with van der Waals surface area (Å²) >= 11 is 17.7. The van der Waals surface area contributed by atoms with Crippen molar-refractivity contribution in [2.24, 2.45) is 5.92 Å². The molecule has 0 bridgehead atoms. The SMILES string of the molecule is Clc1ccc(-c2nnn(C[C@@H]3CC3(Cl)Cl)n2)cc1. The van der Waals surface area contributed by atoms with Crippen molar-refractivity contribution in [2.75, 3.05) is 0 Å². The van der Waals surface area contributed by atoms with E-state index in [1.165, 1.54) is 4.80 Å². The predicted octanol–water partition coefficient (Wildman–Crippen LogP) is 3.19. The molecule has 1 aliphatic carbocycles. The van der Waals surface area contributed by atoms with E-state index in [2.05, 4.69) is 15.4 Å². The summed E-state index contributed by atoms with van der Waals surface area (Å²) in [5.74, 6) is 0.773. The minimum absolute atomic E-state index is 0.202. The smallest absolute Gasteiger partial charge is 0.163 e. The summed E-state index contributed by atoms with van der Waals surface area (Å²) in [5, 5.41) is 13.0. The standard InChI is InChI=1S/C11H9Cl3N4/c12-9-3-1-7(2-4-9)10-15-17-18(16-10)6-8-5-11(8,13)14/h1-4,8H,5-6H2/t8-/m0/s1. The first-order valence-corrected chi connectivity index (χ1v) is 6.59. The zero-order valence-corrected chi connectivity index (χ0v) is 11.5. The van der Waals surface area contributed by atoms with Gasteiger partial charge in [-0.25, -0.2) is 0 Å². The summed E-state index contributed by atoms with van der Waals surface area (Å²) in [4.78, 5) is 1.53. The molecule has 18 heavy (non-hydrogen) atoms. The van der Waals surface area contributed by atoms with Gasteiger partial charge >= 0.3 is 0 Å². The third-order valence-electron chi connectivity index (χ3n) is 2.89. The molecular weight excluding hydrogens is 295 g/mol. The van der Waals surface area contributed by atoms with E-state index in [4.69, 9.17) is 34.8 Å². The van der Waals surface area contributed by atoms with Gasteiger partial charge in [0.2, 0.25) is 5.82 Å². The van der Waals surface area contributed by atoms with Crippen LogP contribution in [-0.4, -0.2) is 24.5 Å². The molecule has 4 nitrogen and oxygen atoms in total. The van der Waals surface area contributed by atoms with E-state index in [9.17, 15) is 0 Å². The Labute approximate surface area is 119 Å². The Balaban J connectivity index is 1.75. The molecule has 0 amide bonds. The van der Waals surface area contributed by atoms with Crippen LogP contribution in [0.2, 0.25) is 5.02 Å². The summed E-state index contributed by atoms with van der Waals surface area (Å²) in [7, 11) is 0. The molecule has 1 aliphatic rings. The van der Waals surface area contributed by atoms with Crippen LogP contribution in [0.3, 0.4) is 0 Å². The number of aromatic nitrogens is 4. The van der Waals surface area contributed by atoms with Gasteiger partial charge in [-0.15, -0.1) is 33.4 Å². The van der Waals surface area contributed by atoms with E-state index in [-0.39, 0.29) is 5.92 Å². The maximum absolute atomic E-state index is 5.96. The van der Waals surface area contributed by atoms with Crippen LogP contribution in [0.4, 0.5) is 0 Å². The molecule has 1 atom stereocenters. The van der Waals surface area contributed by atoms with E-state index >= 15 is 0 Å². The summed E-state index contributed by atoms with van der Waals surface area (Å²) in [6.07, 6.45) is 0.772. The fourth-order valence-electron chi connectivity index (χ4n) is 1.70. The zero-order chi connectivity index (χ0) is 12.8. The Bertz CT molecular complexity index is 564. The Hall–Kier alpha value is -0.840. The molecule has 2 aromatic rings. The number of alkyl halides is 2. The van der Waals surface area contributed by atoms with Crippen molar-refractivity contribution in [2.45, 2.75) is 17.3 Å². The zero-order valence-electron chi connectivity index (χ0n) is 9.22. The average molecular weight is 304 g/mol. The molecule has 0 aliphatic heterocycles. The third-order valence-corrected chi connectivity index (χ3v) is 4.07. The van der Waals surface area contributed by atoms with Gasteiger partial charge in [0.25, 0.3) is 0 Å². The van der Waals surface area contributed by atoms with Gasteiger partial charge in [0.15, 0.2) is 0 Å². The van der Waals surface area contributed by atoms with Gasteiger partial charge in [-0.05, 0) is 35.9 Å². The number of tetrazole rings is 1. The van der Waals surface area contributed by atoms with Gasteiger partial charge in [-0.3, -0.25) is 0 Å². The summed E-state index contributed by atoms with van der Waals surface area (Å²) < 4.78 is -0.617. The molecule has 1 aromatic carbocycles. The number of hydrogen-bond acceptors (Lipinski definition) is 3. The summed E-state index contributed by atoms with van der Waals surface area (Å²) in [5.41, 5.74) is 0.879. The number of hydrogen-bond donors (Lipinski definition) is 0. The molecular formula is C11H9Cl3N4. The predicted molar refractivity (Wildman–Crippen MR) is 70.8 cm³/mol. The van der Waals surface area contributed by atoms with Crippen LogP contribution < -0.4 is 0 Å². The molecule has 0 N–H and O–H groups in total. The molecule has 0 spiro atoms. The Morgan fingerprint density at radius 2 is 1.94 bits per heavy atom. The van der Waals surface area contributed by atoms with E-state index in [0.29, 0.717) is 17.4 Å². The van der Waals surface area contributed by atoms with Gasteiger partial charge in [0, 0.05) is 16.5 Å². The van der Waals surface area contributed by atoms with Crippen molar-refractivity contribution >= 4 is 34.8 Å². The van der Waals surface area contributed by atoms with Crippen LogP contribution >= 0.6 is 34.8 Å². The van der Waals surface area contributed by atoms with Crippen LogP contribution in [0.1, 0.15) is 6.42 Å². The van der Waals surface area contributed by atoms with Crippen molar-refractivity contribution in [3.63, 3.8) is 0 Å². The van der Waals surface area contributed by atoms with E-state index in [1.807, 2.05) is 12.1 Å². The fourth-order valence-corrected chi connectivity index (χ4v) is 2.34. The van der Waals surface area contributed by atoms with E-state index in [0.717, 1.165) is 12.0 Å². The molecule has 1 fully saturated rings. The van der Waals surface area contributed by atoms with E-state index < -0.39 is 4.33 Å². The maximum Gasteiger partial charge on any atom is 0.204 e. The van der Waals surface area contributed by atoms with Crippen molar-refractivity contribution in [1.82, 2.24) is 20.2 Å². The lowest BCUT2D eigenvalue weighted by molar-refractivity contribution is 0.484. The number of halogens is 3. The Morgan fingerprint density at radius 3 is 2.56 bits per heavy atom. The van der Waals surface area contributed by atoms with Crippen molar-refractivity contribution in [1.29, 1.82) is 0 Å². The maximum atomic E-state index is 5.96. The number of nitrogens with zero attached hydrogens (tertiary/aromatic N) is 4. The number of benzene rings is 1. The number of rotatable bonds is 3. The van der Waals surface area contributed by atoms with Crippen LogP contribution in [0, 0.1) is 5.92 Å². The lowest BCUT2D eigenvalue weighted by Crippen LogP contribution is -2.07. The molecule has 1 aromatic heterocycles. The van der Waals surface area contributed by atoms with Crippen molar-refractivity contribution in [3.8, 4) is 11.4 Å². The fraction of sp³-hybridized carbons (Fsp3) is 0.364. The summed E-state index contributed by atoms with van der Waals surface area (Å²) in [6.45, 7) is 0.591. The highest BCUT2D eigenvalue weighted by Gasteiger charge is 2.52. The van der Waals surface area contributed by atoms with Crippen molar-refractivity contribution in [3.05, 3.63) is 29.3 Å². The Kier molecular flexibility index (Phi) is 2.96. The highest BCUT2D eigenvalue weighted by molar-refractivity contribution is 6.50. The quantitative estimate of drug-likeness (QED) is 0.818. The summed E-state index contributed by atoms with van der Waals surface area (Å²) in [6, 6.07) is 7.30. The first-order chi connectivity index (χ1) is 8.54. The molecule has 0 unspecified atom stereocenters. The van der Waals surface area contributed by atoms with Crippen LogP contribution in [-0.2, 0) is 6.54 Å². The van der Waals surface area contributed by atoms with Crippen LogP contribution in [0.5, 0.6) is 0 Å². The van der Waals surface area contributed by atoms with Gasteiger partial charge in [-0.1, -0.05) is 11.6 Å². The van der Waals surface area contributed by atoms with Crippen molar-refractivity contribution < 1.29 is 0 Å². The van der Waals surface area contributed by atoms with Gasteiger partial charge in [0.1, 0.15) is 4.33 Å². The second-order valence-electron chi connectivity index (χ2n) is 4.34. The van der Waals surface area contributed by atoms with E-state index in [1.54, 1.807) is 12.1 Å². The topological polar surface area (TPSA) is 43.6 Å². The highest BCUT2D eigenvalue weighted by Crippen LogP contribution is 2.53. The minimum atomic E-state index is -0.617. The molecule has 0 saturated heterocycles. The first-order valence-electron chi connectivity index (χ1n) is 5.46. The molecule has 0 radical (unpaired) electrons.